The lowest BCUT2D eigenvalue weighted by atomic mass is 10.3. The van der Waals surface area contributed by atoms with Crippen LogP contribution in [-0.4, -0.2) is 28.7 Å². The number of carboxylic acid groups (broad SMARTS) is 1. The third-order valence-electron chi connectivity index (χ3n) is 2.39. The minimum atomic E-state index is -1.08. The van der Waals surface area contributed by atoms with E-state index >= 15 is 0 Å². The van der Waals surface area contributed by atoms with Crippen LogP contribution >= 0.6 is 11.3 Å². The molecule has 0 bridgehead atoms. The van der Waals surface area contributed by atoms with Crippen LogP contribution in [0.3, 0.4) is 0 Å². The second kappa shape index (κ2) is 7.25. The van der Waals surface area contributed by atoms with Crippen molar-refractivity contribution in [3.8, 4) is 5.75 Å². The van der Waals surface area contributed by atoms with Crippen LogP contribution in [0, 0.1) is 0 Å². The second-order valence-corrected chi connectivity index (χ2v) is 4.92. The van der Waals surface area contributed by atoms with Crippen LogP contribution in [0.2, 0.25) is 0 Å². The predicted molar refractivity (Wildman–Crippen MR) is 77.5 cm³/mol. The number of amides is 2. The number of thiazole rings is 1. The SMILES string of the molecule is O=C(O)COc1ccccc1NC(=O)NCc1cncs1. The number of benzene rings is 1. The molecule has 0 aliphatic rings. The van der Waals surface area contributed by atoms with Crippen molar-refractivity contribution in [1.82, 2.24) is 10.3 Å². The first-order chi connectivity index (χ1) is 10.1. The van der Waals surface area contributed by atoms with E-state index < -0.39 is 18.6 Å². The van der Waals surface area contributed by atoms with E-state index in [-0.39, 0.29) is 0 Å². The topological polar surface area (TPSA) is 101 Å². The van der Waals surface area contributed by atoms with Gasteiger partial charge in [-0.15, -0.1) is 11.3 Å². The average Bonchev–Trinajstić information content (AvgIpc) is 2.97. The lowest BCUT2D eigenvalue weighted by Crippen LogP contribution is -2.28. The minimum absolute atomic E-state index is 0.299. The van der Waals surface area contributed by atoms with E-state index in [4.69, 9.17) is 9.84 Å². The summed E-state index contributed by atoms with van der Waals surface area (Å²) >= 11 is 1.44. The summed E-state index contributed by atoms with van der Waals surface area (Å²) in [5.74, 6) is -0.785. The Morgan fingerprint density at radius 3 is 2.86 bits per heavy atom. The lowest BCUT2D eigenvalue weighted by molar-refractivity contribution is -0.139. The summed E-state index contributed by atoms with van der Waals surface area (Å²) in [6.45, 7) is -0.101. The number of carbonyl (C=O) groups is 2. The Labute approximate surface area is 124 Å². The first-order valence-electron chi connectivity index (χ1n) is 6.01. The van der Waals surface area contributed by atoms with Gasteiger partial charge in [0.15, 0.2) is 6.61 Å². The third kappa shape index (κ3) is 4.77. The quantitative estimate of drug-likeness (QED) is 0.757. The van der Waals surface area contributed by atoms with Crippen LogP contribution in [0.1, 0.15) is 4.88 Å². The van der Waals surface area contributed by atoms with E-state index in [9.17, 15) is 9.59 Å². The molecule has 0 aliphatic heterocycles. The van der Waals surface area contributed by atoms with Gasteiger partial charge in [0.25, 0.3) is 0 Å². The van der Waals surface area contributed by atoms with Gasteiger partial charge >= 0.3 is 12.0 Å². The molecular formula is C13H13N3O4S. The molecule has 110 valence electrons. The Morgan fingerprint density at radius 2 is 2.14 bits per heavy atom. The van der Waals surface area contributed by atoms with Crippen LogP contribution in [0.4, 0.5) is 10.5 Å². The molecule has 0 atom stereocenters. The number of ether oxygens (including phenoxy) is 1. The Bertz CT molecular complexity index is 616. The number of carbonyl (C=O) groups excluding carboxylic acids is 1. The maximum atomic E-state index is 11.8. The zero-order valence-corrected chi connectivity index (χ0v) is 11.7. The van der Waals surface area contributed by atoms with Gasteiger partial charge in [-0.1, -0.05) is 12.1 Å². The molecule has 2 amide bonds. The molecule has 0 unspecified atom stereocenters. The van der Waals surface area contributed by atoms with E-state index in [1.54, 1.807) is 36.0 Å². The van der Waals surface area contributed by atoms with Gasteiger partial charge in [0.2, 0.25) is 0 Å². The van der Waals surface area contributed by atoms with Gasteiger partial charge in [0.1, 0.15) is 5.75 Å². The van der Waals surface area contributed by atoms with Crippen LogP contribution in [0.5, 0.6) is 5.75 Å². The number of urea groups is 1. The van der Waals surface area contributed by atoms with Crippen molar-refractivity contribution in [3.63, 3.8) is 0 Å². The summed E-state index contributed by atoms with van der Waals surface area (Å²) in [6, 6.07) is 6.21. The maximum Gasteiger partial charge on any atom is 0.341 e. The predicted octanol–water partition coefficient (Wildman–Crippen LogP) is 1.93. The number of aromatic nitrogens is 1. The van der Waals surface area contributed by atoms with E-state index in [0.717, 1.165) is 4.88 Å². The number of para-hydroxylation sites is 2. The zero-order chi connectivity index (χ0) is 15.1. The highest BCUT2D eigenvalue weighted by atomic mass is 32.1. The molecule has 2 rings (SSSR count). The highest BCUT2D eigenvalue weighted by Gasteiger charge is 2.08. The average molecular weight is 307 g/mol. The molecule has 2 aromatic rings. The Hall–Kier alpha value is -2.61. The molecule has 0 saturated carbocycles. The van der Waals surface area contributed by atoms with Crippen molar-refractivity contribution >= 4 is 29.0 Å². The van der Waals surface area contributed by atoms with Crippen molar-refractivity contribution in [3.05, 3.63) is 40.8 Å². The molecule has 1 aromatic heterocycles. The highest BCUT2D eigenvalue weighted by molar-refractivity contribution is 7.09. The van der Waals surface area contributed by atoms with Crippen LogP contribution in [0.25, 0.3) is 0 Å². The van der Waals surface area contributed by atoms with Gasteiger partial charge in [-0.3, -0.25) is 4.98 Å². The molecule has 7 nitrogen and oxygen atoms in total. The number of anilines is 1. The maximum absolute atomic E-state index is 11.8. The van der Waals surface area contributed by atoms with Crippen LogP contribution < -0.4 is 15.4 Å². The molecule has 1 aromatic carbocycles. The summed E-state index contributed by atoms with van der Waals surface area (Å²) < 4.78 is 5.10. The molecule has 0 spiro atoms. The fourth-order valence-electron chi connectivity index (χ4n) is 1.50. The van der Waals surface area contributed by atoms with E-state index in [1.165, 1.54) is 11.3 Å². The first-order valence-corrected chi connectivity index (χ1v) is 6.89. The van der Waals surface area contributed by atoms with Crippen molar-refractivity contribution in [2.45, 2.75) is 6.54 Å². The number of nitrogens with zero attached hydrogens (tertiary/aromatic N) is 1. The number of rotatable bonds is 6. The smallest absolute Gasteiger partial charge is 0.341 e. The van der Waals surface area contributed by atoms with Crippen molar-refractivity contribution in [1.29, 1.82) is 0 Å². The molecule has 0 fully saturated rings. The largest absolute Gasteiger partial charge is 0.480 e. The molecule has 8 heteroatoms. The number of carboxylic acids is 1. The van der Waals surface area contributed by atoms with E-state index in [2.05, 4.69) is 15.6 Å². The summed E-state index contributed by atoms with van der Waals surface area (Å²) in [4.78, 5) is 27.1. The molecule has 3 N–H and O–H groups in total. The fraction of sp³-hybridized carbons (Fsp3) is 0.154. The summed E-state index contributed by atoms with van der Waals surface area (Å²) in [6.07, 6.45) is 1.68. The summed E-state index contributed by atoms with van der Waals surface area (Å²) in [5.41, 5.74) is 2.09. The zero-order valence-electron chi connectivity index (χ0n) is 10.9. The minimum Gasteiger partial charge on any atom is -0.480 e. The van der Waals surface area contributed by atoms with E-state index in [1.807, 2.05) is 0 Å². The number of hydrogen-bond acceptors (Lipinski definition) is 5. The van der Waals surface area contributed by atoms with Gasteiger partial charge < -0.3 is 20.5 Å². The normalized spacial score (nSPS) is 9.90. The summed E-state index contributed by atoms with van der Waals surface area (Å²) in [5, 5.41) is 13.9. The molecule has 0 saturated heterocycles. The third-order valence-corrected chi connectivity index (χ3v) is 3.17. The van der Waals surface area contributed by atoms with Gasteiger partial charge in [-0.2, -0.15) is 0 Å². The molecule has 21 heavy (non-hydrogen) atoms. The lowest BCUT2D eigenvalue weighted by Gasteiger charge is -2.11. The van der Waals surface area contributed by atoms with E-state index in [0.29, 0.717) is 18.0 Å². The highest BCUT2D eigenvalue weighted by Crippen LogP contribution is 2.23. The Balaban J connectivity index is 1.92. The Morgan fingerprint density at radius 1 is 1.33 bits per heavy atom. The molecule has 0 aliphatic carbocycles. The fourth-order valence-corrected chi connectivity index (χ4v) is 2.03. The van der Waals surface area contributed by atoms with Gasteiger partial charge in [-0.05, 0) is 12.1 Å². The van der Waals surface area contributed by atoms with Gasteiger partial charge in [0.05, 0.1) is 17.7 Å². The van der Waals surface area contributed by atoms with Gasteiger partial charge in [-0.25, -0.2) is 9.59 Å². The van der Waals surface area contributed by atoms with Crippen molar-refractivity contribution in [2.75, 3.05) is 11.9 Å². The number of aliphatic carboxylic acids is 1. The first kappa shape index (κ1) is 14.8. The molecule has 1 heterocycles. The monoisotopic (exact) mass is 307 g/mol. The van der Waals surface area contributed by atoms with Crippen LogP contribution in [0.15, 0.2) is 36.0 Å². The Kier molecular flexibility index (Phi) is 5.10. The van der Waals surface area contributed by atoms with Gasteiger partial charge in [0, 0.05) is 11.1 Å². The molecular weight excluding hydrogens is 294 g/mol. The number of hydrogen-bond donors (Lipinski definition) is 3. The van der Waals surface area contributed by atoms with Crippen molar-refractivity contribution in [2.24, 2.45) is 0 Å². The molecule has 0 radical (unpaired) electrons. The summed E-state index contributed by atoms with van der Waals surface area (Å²) in [7, 11) is 0. The van der Waals surface area contributed by atoms with Crippen LogP contribution in [-0.2, 0) is 11.3 Å². The second-order valence-electron chi connectivity index (χ2n) is 3.95. The number of nitrogens with one attached hydrogen (secondary N) is 2. The van der Waals surface area contributed by atoms with Crippen molar-refractivity contribution < 1.29 is 19.4 Å². The standard InChI is InChI=1S/C13H13N3O4S/c17-12(18)7-20-11-4-2-1-3-10(11)16-13(19)15-6-9-5-14-8-21-9/h1-5,8H,6-7H2,(H,17,18)(H2,15,16,19).